The van der Waals surface area contributed by atoms with Crippen LogP contribution in [0.3, 0.4) is 0 Å². The Labute approximate surface area is 105 Å². The molecule has 1 aromatic carbocycles. The van der Waals surface area contributed by atoms with Crippen LogP contribution in [0.4, 0.5) is 0 Å². The first-order valence-corrected chi connectivity index (χ1v) is 9.41. The highest BCUT2D eigenvalue weighted by atomic mass is 28.4. The Morgan fingerprint density at radius 1 is 1.06 bits per heavy atom. The van der Waals surface area contributed by atoms with Gasteiger partial charge in [0.1, 0.15) is 0 Å². The van der Waals surface area contributed by atoms with E-state index in [0.29, 0.717) is 0 Å². The number of hydrogen-bond donors (Lipinski definition) is 0. The maximum Gasteiger partial charge on any atom is 0.200 e. The summed E-state index contributed by atoms with van der Waals surface area (Å²) in [5, 5.41) is 0. The van der Waals surface area contributed by atoms with Crippen LogP contribution in [0, 0.1) is 5.92 Å². The third-order valence-corrected chi connectivity index (χ3v) is 9.81. The van der Waals surface area contributed by atoms with E-state index in [1.165, 1.54) is 31.4 Å². The summed E-state index contributed by atoms with van der Waals surface area (Å²) in [6, 6.07) is 13.9. The van der Waals surface area contributed by atoms with E-state index in [2.05, 4.69) is 37.3 Å². The van der Waals surface area contributed by atoms with Gasteiger partial charge in [0.05, 0.1) is 0 Å². The Kier molecular flexibility index (Phi) is 3.09. The van der Waals surface area contributed by atoms with E-state index in [9.17, 15) is 0 Å². The summed E-state index contributed by atoms with van der Waals surface area (Å²) in [7, 11) is -1.45. The first kappa shape index (κ1) is 11.5. The van der Waals surface area contributed by atoms with Crippen molar-refractivity contribution in [3.05, 3.63) is 35.9 Å². The molecule has 0 radical (unpaired) electrons. The molecule has 0 bridgehead atoms. The highest BCUT2D eigenvalue weighted by Crippen LogP contribution is 2.48. The number of hydrogen-bond acceptors (Lipinski definition) is 1. The molecule has 17 heavy (non-hydrogen) atoms. The SMILES string of the molecule is C[C@@H]1CO[Si]2(CCCCC2)[C@H]1c1ccccc1. The molecule has 1 aromatic rings. The Bertz CT molecular complexity index is 364. The molecule has 1 nitrogen and oxygen atoms in total. The summed E-state index contributed by atoms with van der Waals surface area (Å²) in [6.07, 6.45) is 4.23. The van der Waals surface area contributed by atoms with Crippen molar-refractivity contribution >= 4 is 8.32 Å². The molecular formula is C15H22OSi. The molecule has 2 atom stereocenters. The molecule has 2 aliphatic heterocycles. The molecule has 0 saturated carbocycles. The molecule has 0 unspecified atom stereocenters. The van der Waals surface area contributed by atoms with Crippen molar-refractivity contribution in [1.29, 1.82) is 0 Å². The fraction of sp³-hybridized carbons (Fsp3) is 0.600. The molecule has 2 saturated heterocycles. The monoisotopic (exact) mass is 246 g/mol. The van der Waals surface area contributed by atoms with Crippen LogP contribution < -0.4 is 0 Å². The quantitative estimate of drug-likeness (QED) is 0.678. The summed E-state index contributed by atoms with van der Waals surface area (Å²) in [4.78, 5) is 0. The zero-order chi connectivity index (χ0) is 11.7. The van der Waals surface area contributed by atoms with Crippen molar-refractivity contribution in [3.8, 4) is 0 Å². The standard InChI is InChI=1S/C15H22OSi/c1-13-12-16-17(10-6-3-7-11-17)15(13)14-8-4-2-5-9-14/h2,4-5,8-9,13,15H,3,6-7,10-12H2,1H3/t13-,15-/m1/s1. The van der Waals surface area contributed by atoms with Gasteiger partial charge in [0, 0.05) is 12.1 Å². The highest BCUT2D eigenvalue weighted by molar-refractivity contribution is 6.76. The van der Waals surface area contributed by atoms with Gasteiger partial charge in [0.2, 0.25) is 0 Å². The second kappa shape index (κ2) is 4.58. The van der Waals surface area contributed by atoms with Gasteiger partial charge in [-0.15, -0.1) is 0 Å². The molecule has 0 N–H and O–H groups in total. The molecule has 2 aliphatic rings. The average Bonchev–Trinajstić information content (AvgIpc) is 2.68. The van der Waals surface area contributed by atoms with E-state index < -0.39 is 8.32 Å². The smallest absolute Gasteiger partial charge is 0.200 e. The van der Waals surface area contributed by atoms with E-state index in [4.69, 9.17) is 4.43 Å². The zero-order valence-corrected chi connectivity index (χ0v) is 11.7. The topological polar surface area (TPSA) is 9.23 Å². The second-order valence-electron chi connectivity index (χ2n) is 5.80. The van der Waals surface area contributed by atoms with Crippen LogP contribution in [0.15, 0.2) is 30.3 Å². The molecule has 2 fully saturated rings. The van der Waals surface area contributed by atoms with Gasteiger partial charge in [-0.3, -0.25) is 0 Å². The minimum Gasteiger partial charge on any atom is -0.416 e. The van der Waals surface area contributed by atoms with E-state index >= 15 is 0 Å². The third kappa shape index (κ3) is 1.98. The minimum absolute atomic E-state index is 0.724. The molecule has 0 amide bonds. The van der Waals surface area contributed by atoms with Gasteiger partial charge in [0.25, 0.3) is 0 Å². The molecule has 1 spiro atoms. The summed E-state index contributed by atoms with van der Waals surface area (Å²) in [5.74, 6) is 0.724. The third-order valence-electron chi connectivity index (χ3n) is 4.63. The van der Waals surface area contributed by atoms with Crippen molar-refractivity contribution < 1.29 is 4.43 Å². The van der Waals surface area contributed by atoms with Gasteiger partial charge in [-0.25, -0.2) is 0 Å². The zero-order valence-electron chi connectivity index (χ0n) is 10.7. The van der Waals surface area contributed by atoms with Gasteiger partial charge in [0.15, 0.2) is 8.32 Å². The largest absolute Gasteiger partial charge is 0.416 e. The van der Waals surface area contributed by atoms with E-state index in [1.54, 1.807) is 5.56 Å². The molecule has 2 heteroatoms. The lowest BCUT2D eigenvalue weighted by Gasteiger charge is -2.36. The number of rotatable bonds is 1. The minimum atomic E-state index is -1.45. The fourth-order valence-electron chi connectivity index (χ4n) is 3.90. The van der Waals surface area contributed by atoms with Gasteiger partial charge in [-0.2, -0.15) is 0 Å². The predicted octanol–water partition coefficient (Wildman–Crippen LogP) is 4.11. The van der Waals surface area contributed by atoms with Crippen molar-refractivity contribution in [2.24, 2.45) is 5.92 Å². The van der Waals surface area contributed by atoms with Gasteiger partial charge in [-0.05, 0) is 23.6 Å². The lowest BCUT2D eigenvalue weighted by atomic mass is 10.0. The molecule has 0 aromatic heterocycles. The molecular weight excluding hydrogens is 224 g/mol. The second-order valence-corrected chi connectivity index (χ2v) is 9.84. The van der Waals surface area contributed by atoms with Crippen molar-refractivity contribution in [2.45, 2.75) is 43.8 Å². The predicted molar refractivity (Wildman–Crippen MR) is 73.5 cm³/mol. The molecule has 3 rings (SSSR count). The summed E-state index contributed by atoms with van der Waals surface area (Å²) < 4.78 is 6.40. The van der Waals surface area contributed by atoms with Gasteiger partial charge in [-0.1, -0.05) is 56.5 Å². The van der Waals surface area contributed by atoms with E-state index in [1.807, 2.05) is 0 Å². The Morgan fingerprint density at radius 2 is 1.76 bits per heavy atom. The summed E-state index contributed by atoms with van der Waals surface area (Å²) in [5.41, 5.74) is 2.30. The summed E-state index contributed by atoms with van der Waals surface area (Å²) in [6.45, 7) is 3.39. The average molecular weight is 246 g/mol. The van der Waals surface area contributed by atoms with Crippen molar-refractivity contribution in [2.75, 3.05) is 6.61 Å². The normalized spacial score (nSPS) is 31.8. The van der Waals surface area contributed by atoms with Crippen LogP contribution in [0.1, 0.15) is 37.3 Å². The lowest BCUT2D eigenvalue weighted by molar-refractivity contribution is 0.302. The fourth-order valence-corrected chi connectivity index (χ4v) is 9.47. The van der Waals surface area contributed by atoms with Crippen LogP contribution in [0.5, 0.6) is 0 Å². The lowest BCUT2D eigenvalue weighted by Crippen LogP contribution is -2.42. The molecule has 0 aliphatic carbocycles. The van der Waals surface area contributed by atoms with Crippen LogP contribution in [-0.4, -0.2) is 14.9 Å². The van der Waals surface area contributed by atoms with Crippen LogP contribution in [-0.2, 0) is 4.43 Å². The van der Waals surface area contributed by atoms with E-state index in [-0.39, 0.29) is 0 Å². The van der Waals surface area contributed by atoms with Crippen molar-refractivity contribution in [1.82, 2.24) is 0 Å². The Balaban J connectivity index is 1.94. The Morgan fingerprint density at radius 3 is 2.47 bits per heavy atom. The first-order chi connectivity index (χ1) is 8.32. The maximum atomic E-state index is 6.40. The first-order valence-electron chi connectivity index (χ1n) is 7.01. The highest BCUT2D eigenvalue weighted by Gasteiger charge is 2.51. The van der Waals surface area contributed by atoms with E-state index in [0.717, 1.165) is 18.1 Å². The molecule has 2 heterocycles. The summed E-state index contributed by atoms with van der Waals surface area (Å²) >= 11 is 0. The van der Waals surface area contributed by atoms with Crippen LogP contribution in [0.25, 0.3) is 0 Å². The van der Waals surface area contributed by atoms with Gasteiger partial charge < -0.3 is 4.43 Å². The Hall–Kier alpha value is -0.603. The molecule has 92 valence electrons. The van der Waals surface area contributed by atoms with Crippen molar-refractivity contribution in [3.63, 3.8) is 0 Å². The van der Waals surface area contributed by atoms with Crippen LogP contribution >= 0.6 is 0 Å². The number of benzene rings is 1. The maximum absolute atomic E-state index is 6.40. The van der Waals surface area contributed by atoms with Crippen LogP contribution in [0.2, 0.25) is 12.1 Å². The van der Waals surface area contributed by atoms with Gasteiger partial charge >= 0.3 is 0 Å².